The molecule has 1 heterocycles. The summed E-state index contributed by atoms with van der Waals surface area (Å²) in [6.45, 7) is 5.50. The maximum Gasteiger partial charge on any atom is 0.242 e. The minimum Gasteiger partial charge on any atom is -0.479 e. The van der Waals surface area contributed by atoms with E-state index >= 15 is 0 Å². The van der Waals surface area contributed by atoms with E-state index in [-0.39, 0.29) is 0 Å². The molecule has 1 aromatic heterocycles. The summed E-state index contributed by atoms with van der Waals surface area (Å²) in [4.78, 5) is 9.17. The Morgan fingerprint density at radius 1 is 1.25 bits per heavy atom. The molecule has 0 amide bonds. The molecule has 0 saturated carbocycles. The van der Waals surface area contributed by atoms with Crippen LogP contribution >= 0.6 is 11.6 Å². The number of methoxy groups -OCH3 is 1. The number of hydrogen-bond donors (Lipinski definition) is 1. The average molecular weight is 352 g/mol. The van der Waals surface area contributed by atoms with Crippen molar-refractivity contribution in [3.8, 4) is 17.1 Å². The lowest BCUT2D eigenvalue weighted by Crippen LogP contribution is -2.19. The Bertz CT molecular complexity index is 705. The number of hydrogen-bond acceptors (Lipinski definition) is 4. The molecule has 0 saturated heterocycles. The van der Waals surface area contributed by atoms with Crippen molar-refractivity contribution in [3.05, 3.63) is 34.5 Å². The second-order valence-corrected chi connectivity index (χ2v) is 5.96. The highest BCUT2D eigenvalue weighted by atomic mass is 35.5. The quantitative estimate of drug-likeness (QED) is 0.746. The first-order chi connectivity index (χ1) is 11.5. The highest BCUT2D eigenvalue weighted by Gasteiger charge is 2.18. The molecule has 0 aliphatic carbocycles. The second-order valence-electron chi connectivity index (χ2n) is 5.59. The van der Waals surface area contributed by atoms with E-state index in [2.05, 4.69) is 29.1 Å². The Kier molecular flexibility index (Phi) is 6.37. The van der Waals surface area contributed by atoms with Gasteiger partial charge >= 0.3 is 0 Å². The van der Waals surface area contributed by atoms with Crippen LogP contribution in [0.1, 0.15) is 37.9 Å². The molecule has 0 bridgehead atoms. The molecule has 24 heavy (non-hydrogen) atoms. The number of anilines is 1. The normalized spacial score (nSPS) is 11.0. The van der Waals surface area contributed by atoms with Gasteiger partial charge in [0, 0.05) is 17.2 Å². The molecule has 0 radical (unpaired) electrons. The van der Waals surface area contributed by atoms with Crippen LogP contribution in [0.5, 0.6) is 5.88 Å². The van der Waals surface area contributed by atoms with Crippen molar-refractivity contribution in [3.63, 3.8) is 0 Å². The Labute approximate surface area is 147 Å². The molecule has 0 fully saturated rings. The summed E-state index contributed by atoms with van der Waals surface area (Å²) in [6, 6.07) is 5.53. The highest BCUT2D eigenvalue weighted by Crippen LogP contribution is 2.36. The summed E-state index contributed by atoms with van der Waals surface area (Å²) < 4.78 is 18.5. The maximum absolute atomic E-state index is 13.1. The molecular formula is C18H23ClFN3O. The Morgan fingerprint density at radius 2 is 1.96 bits per heavy atom. The zero-order valence-corrected chi connectivity index (χ0v) is 15.2. The van der Waals surface area contributed by atoms with Crippen molar-refractivity contribution in [1.82, 2.24) is 9.97 Å². The van der Waals surface area contributed by atoms with Gasteiger partial charge in [0.1, 0.15) is 12.4 Å². The number of halogens is 2. The van der Waals surface area contributed by atoms with Gasteiger partial charge in [-0.2, -0.15) is 4.98 Å². The molecule has 6 heteroatoms. The lowest BCUT2D eigenvalue weighted by Gasteiger charge is -2.19. The summed E-state index contributed by atoms with van der Waals surface area (Å²) in [7, 11) is 1.54. The predicted octanol–water partition coefficient (Wildman–Crippen LogP) is 5.18. The molecule has 1 aromatic carbocycles. The summed E-state index contributed by atoms with van der Waals surface area (Å²) in [6.07, 6.45) is 1.98. The third-order valence-corrected chi connectivity index (χ3v) is 4.48. The van der Waals surface area contributed by atoms with Crippen LogP contribution in [0.15, 0.2) is 18.2 Å². The highest BCUT2D eigenvalue weighted by molar-refractivity contribution is 6.34. The lowest BCUT2D eigenvalue weighted by atomic mass is 10.1. The third kappa shape index (κ3) is 3.78. The van der Waals surface area contributed by atoms with Crippen molar-refractivity contribution in [2.75, 3.05) is 12.4 Å². The minimum absolute atomic E-state index is 0.326. The third-order valence-electron chi connectivity index (χ3n) is 4.04. The number of rotatable bonds is 7. The van der Waals surface area contributed by atoms with Gasteiger partial charge < -0.3 is 10.1 Å². The molecule has 2 rings (SSSR count). The number of aryl methyl sites for hydroxylation is 1. The number of nitrogens with zero attached hydrogens (tertiary/aromatic N) is 2. The Morgan fingerprint density at radius 3 is 2.54 bits per heavy atom. The number of aromatic nitrogens is 2. The smallest absolute Gasteiger partial charge is 0.242 e. The van der Waals surface area contributed by atoms with Crippen LogP contribution in [0.3, 0.4) is 0 Å². The molecule has 0 aliphatic rings. The van der Waals surface area contributed by atoms with Crippen LogP contribution in [-0.4, -0.2) is 23.1 Å². The summed E-state index contributed by atoms with van der Waals surface area (Å²) >= 11 is 6.31. The fraction of sp³-hybridized carbons (Fsp3) is 0.444. The van der Waals surface area contributed by atoms with Gasteiger partial charge in [0.2, 0.25) is 5.88 Å². The average Bonchev–Trinajstić information content (AvgIpc) is 2.60. The van der Waals surface area contributed by atoms with E-state index in [1.54, 1.807) is 18.2 Å². The van der Waals surface area contributed by atoms with Crippen LogP contribution in [0, 0.1) is 6.92 Å². The van der Waals surface area contributed by atoms with Crippen molar-refractivity contribution in [2.24, 2.45) is 0 Å². The van der Waals surface area contributed by atoms with Crippen LogP contribution in [0.2, 0.25) is 5.02 Å². The fourth-order valence-corrected chi connectivity index (χ4v) is 2.78. The first kappa shape index (κ1) is 18.5. The zero-order valence-electron chi connectivity index (χ0n) is 14.5. The molecule has 0 unspecified atom stereocenters. The van der Waals surface area contributed by atoms with Gasteiger partial charge in [-0.3, -0.25) is 0 Å². The van der Waals surface area contributed by atoms with Gasteiger partial charge in [-0.1, -0.05) is 43.6 Å². The first-order valence-corrected chi connectivity index (χ1v) is 8.46. The SMILES string of the molecule is CCC(CC)Nc1nc(OC)c(-c2cccc(CF)c2Cl)nc1C. The topological polar surface area (TPSA) is 47.0 Å². The second kappa shape index (κ2) is 8.29. The summed E-state index contributed by atoms with van der Waals surface area (Å²) in [5.41, 5.74) is 2.31. The molecular weight excluding hydrogens is 329 g/mol. The number of benzene rings is 1. The van der Waals surface area contributed by atoms with Crippen LogP contribution in [0.4, 0.5) is 10.2 Å². The molecule has 1 N–H and O–H groups in total. The first-order valence-electron chi connectivity index (χ1n) is 8.08. The van der Waals surface area contributed by atoms with Crippen LogP contribution < -0.4 is 10.1 Å². The van der Waals surface area contributed by atoms with Crippen LogP contribution in [0.25, 0.3) is 11.3 Å². The van der Waals surface area contributed by atoms with E-state index in [1.807, 2.05) is 6.92 Å². The predicted molar refractivity (Wildman–Crippen MR) is 96.6 cm³/mol. The molecule has 130 valence electrons. The summed E-state index contributed by atoms with van der Waals surface area (Å²) in [5.74, 6) is 1.06. The molecule has 2 aromatic rings. The number of nitrogens with one attached hydrogen (secondary N) is 1. The van der Waals surface area contributed by atoms with Crippen molar-refractivity contribution in [2.45, 2.75) is 46.3 Å². The number of alkyl halides is 1. The monoisotopic (exact) mass is 351 g/mol. The zero-order chi connectivity index (χ0) is 17.7. The van der Waals surface area contributed by atoms with Crippen molar-refractivity contribution >= 4 is 17.4 Å². The maximum atomic E-state index is 13.1. The molecule has 0 atom stereocenters. The number of ether oxygens (including phenoxy) is 1. The minimum atomic E-state index is -0.629. The Balaban J connectivity index is 2.51. The van der Waals surface area contributed by atoms with E-state index < -0.39 is 6.67 Å². The van der Waals surface area contributed by atoms with E-state index in [1.165, 1.54) is 7.11 Å². The Hall–Kier alpha value is -1.88. The van der Waals surface area contributed by atoms with Crippen molar-refractivity contribution < 1.29 is 9.13 Å². The molecule has 4 nitrogen and oxygen atoms in total. The van der Waals surface area contributed by atoms with Gasteiger partial charge in [0.05, 0.1) is 17.8 Å². The van der Waals surface area contributed by atoms with Gasteiger partial charge in [0.15, 0.2) is 5.82 Å². The van der Waals surface area contributed by atoms with Gasteiger partial charge in [-0.25, -0.2) is 9.37 Å². The van der Waals surface area contributed by atoms with E-state index in [9.17, 15) is 4.39 Å². The molecule has 0 spiro atoms. The standard InChI is InChI=1S/C18H23ClFN3O/c1-5-13(6-2)22-17-11(3)21-16(18(23-17)24-4)14-9-7-8-12(10-20)15(14)19/h7-9,13H,5-6,10H2,1-4H3,(H,22,23). The van der Waals surface area contributed by atoms with Crippen LogP contribution in [-0.2, 0) is 6.67 Å². The van der Waals surface area contributed by atoms with E-state index in [0.29, 0.717) is 39.6 Å². The van der Waals surface area contributed by atoms with E-state index in [0.717, 1.165) is 18.5 Å². The van der Waals surface area contributed by atoms with Gasteiger partial charge in [-0.05, 0) is 19.8 Å². The fourth-order valence-electron chi connectivity index (χ4n) is 2.51. The van der Waals surface area contributed by atoms with Crippen molar-refractivity contribution in [1.29, 1.82) is 0 Å². The lowest BCUT2D eigenvalue weighted by molar-refractivity contribution is 0.398. The summed E-state index contributed by atoms with van der Waals surface area (Å²) in [5, 5.41) is 3.73. The molecule has 0 aliphatic heterocycles. The van der Waals surface area contributed by atoms with Gasteiger partial charge in [0.25, 0.3) is 0 Å². The largest absolute Gasteiger partial charge is 0.479 e. The van der Waals surface area contributed by atoms with Gasteiger partial charge in [-0.15, -0.1) is 0 Å². The van der Waals surface area contributed by atoms with E-state index in [4.69, 9.17) is 16.3 Å².